The minimum atomic E-state index is 0.979. The number of rotatable bonds is 0. The van der Waals surface area contributed by atoms with E-state index >= 15 is 0 Å². The third-order valence-electron chi connectivity index (χ3n) is 2.29. The molecular formula is C7H14N2. The average molecular weight is 126 g/mol. The molecule has 2 aliphatic heterocycles. The average Bonchev–Trinajstić information content (AvgIpc) is 2.46. The zero-order valence-electron chi connectivity index (χ0n) is 5.77. The molecule has 2 nitrogen and oxygen atoms in total. The zero-order valence-corrected chi connectivity index (χ0v) is 5.77. The van der Waals surface area contributed by atoms with Crippen molar-refractivity contribution in [3.8, 4) is 0 Å². The summed E-state index contributed by atoms with van der Waals surface area (Å²) in [5, 5.41) is 3.40. The van der Waals surface area contributed by atoms with Crippen LogP contribution in [0.15, 0.2) is 0 Å². The molecule has 2 heteroatoms. The van der Waals surface area contributed by atoms with Crippen LogP contribution in [0.5, 0.6) is 0 Å². The van der Waals surface area contributed by atoms with Crippen molar-refractivity contribution in [3.63, 3.8) is 0 Å². The van der Waals surface area contributed by atoms with Gasteiger partial charge in [0, 0.05) is 25.7 Å². The molecular weight excluding hydrogens is 112 g/mol. The first kappa shape index (κ1) is 5.69. The second-order valence-corrected chi connectivity index (χ2v) is 3.04. The SMILES string of the molecule is C1CNCCN2CC2C1. The lowest BCUT2D eigenvalue weighted by Gasteiger charge is -2.09. The summed E-state index contributed by atoms with van der Waals surface area (Å²) in [4.78, 5) is 2.55. The summed E-state index contributed by atoms with van der Waals surface area (Å²) in [5.74, 6) is 0. The molecule has 0 radical (unpaired) electrons. The van der Waals surface area contributed by atoms with Crippen LogP contribution in [0.2, 0.25) is 0 Å². The van der Waals surface area contributed by atoms with Crippen LogP contribution in [0.25, 0.3) is 0 Å². The summed E-state index contributed by atoms with van der Waals surface area (Å²) >= 11 is 0. The van der Waals surface area contributed by atoms with Crippen molar-refractivity contribution < 1.29 is 0 Å². The molecule has 2 atom stereocenters. The van der Waals surface area contributed by atoms with E-state index in [1.807, 2.05) is 0 Å². The van der Waals surface area contributed by atoms with Crippen molar-refractivity contribution in [2.45, 2.75) is 18.9 Å². The van der Waals surface area contributed by atoms with Crippen LogP contribution in [0.1, 0.15) is 12.8 Å². The molecule has 52 valence electrons. The number of fused-ring (bicyclic) bond motifs is 1. The summed E-state index contributed by atoms with van der Waals surface area (Å²) < 4.78 is 0. The zero-order chi connectivity index (χ0) is 6.10. The molecule has 0 bridgehead atoms. The Morgan fingerprint density at radius 2 is 2.33 bits per heavy atom. The fourth-order valence-electron chi connectivity index (χ4n) is 1.58. The molecule has 0 aromatic carbocycles. The largest absolute Gasteiger partial charge is 0.315 e. The lowest BCUT2D eigenvalue weighted by atomic mass is 10.2. The summed E-state index contributed by atoms with van der Waals surface area (Å²) in [6.07, 6.45) is 2.80. The van der Waals surface area contributed by atoms with E-state index in [0.717, 1.165) is 6.04 Å². The molecule has 2 fully saturated rings. The molecule has 0 spiro atoms. The highest BCUT2D eigenvalue weighted by Crippen LogP contribution is 2.21. The van der Waals surface area contributed by atoms with Gasteiger partial charge in [0.15, 0.2) is 0 Å². The van der Waals surface area contributed by atoms with Gasteiger partial charge in [-0.1, -0.05) is 0 Å². The van der Waals surface area contributed by atoms with Crippen molar-refractivity contribution >= 4 is 0 Å². The second kappa shape index (κ2) is 2.27. The van der Waals surface area contributed by atoms with Crippen LogP contribution in [-0.4, -0.2) is 37.1 Å². The Morgan fingerprint density at radius 3 is 3.33 bits per heavy atom. The molecule has 2 saturated heterocycles. The molecule has 2 aliphatic rings. The quantitative estimate of drug-likeness (QED) is 0.461. The lowest BCUT2D eigenvalue weighted by molar-refractivity contribution is 0.435. The predicted octanol–water partition coefficient (Wildman–Crippen LogP) is 0.0540. The topological polar surface area (TPSA) is 15.0 Å². The van der Waals surface area contributed by atoms with Crippen molar-refractivity contribution in [1.82, 2.24) is 10.2 Å². The van der Waals surface area contributed by atoms with Crippen LogP contribution in [-0.2, 0) is 0 Å². The van der Waals surface area contributed by atoms with Gasteiger partial charge in [0.05, 0.1) is 0 Å². The molecule has 0 aromatic heterocycles. The predicted molar refractivity (Wildman–Crippen MR) is 37.5 cm³/mol. The first-order valence-electron chi connectivity index (χ1n) is 3.91. The van der Waals surface area contributed by atoms with Crippen molar-refractivity contribution in [1.29, 1.82) is 0 Å². The van der Waals surface area contributed by atoms with E-state index in [9.17, 15) is 0 Å². The van der Waals surface area contributed by atoms with Gasteiger partial charge in [-0.25, -0.2) is 0 Å². The third kappa shape index (κ3) is 1.25. The van der Waals surface area contributed by atoms with E-state index in [1.165, 1.54) is 39.0 Å². The van der Waals surface area contributed by atoms with Crippen LogP contribution in [0.4, 0.5) is 0 Å². The Hall–Kier alpha value is -0.0800. The highest BCUT2D eigenvalue weighted by molar-refractivity contribution is 4.90. The van der Waals surface area contributed by atoms with E-state index in [-0.39, 0.29) is 0 Å². The number of nitrogens with one attached hydrogen (secondary N) is 1. The van der Waals surface area contributed by atoms with Gasteiger partial charge >= 0.3 is 0 Å². The minimum absolute atomic E-state index is 0.979. The number of hydrogen-bond donors (Lipinski definition) is 1. The number of nitrogens with zero attached hydrogens (tertiary/aromatic N) is 1. The molecule has 0 saturated carbocycles. The Kier molecular flexibility index (Phi) is 1.44. The van der Waals surface area contributed by atoms with Crippen molar-refractivity contribution in [2.24, 2.45) is 0 Å². The van der Waals surface area contributed by atoms with Gasteiger partial charge in [0.1, 0.15) is 0 Å². The smallest absolute Gasteiger partial charge is 0.0224 e. The third-order valence-corrected chi connectivity index (χ3v) is 2.29. The Morgan fingerprint density at radius 1 is 1.33 bits per heavy atom. The van der Waals surface area contributed by atoms with Crippen LogP contribution >= 0.6 is 0 Å². The van der Waals surface area contributed by atoms with Crippen LogP contribution in [0, 0.1) is 0 Å². The van der Waals surface area contributed by atoms with Gasteiger partial charge in [0.25, 0.3) is 0 Å². The Balaban J connectivity index is 1.81. The monoisotopic (exact) mass is 126 g/mol. The van der Waals surface area contributed by atoms with E-state index in [0.29, 0.717) is 0 Å². The first-order chi connectivity index (χ1) is 4.47. The van der Waals surface area contributed by atoms with Gasteiger partial charge in [-0.05, 0) is 19.4 Å². The van der Waals surface area contributed by atoms with Crippen LogP contribution < -0.4 is 5.32 Å². The standard InChI is InChI=1S/C7H14N2/c1-2-7-6-9(7)5-4-8-3-1/h7-8H,1-6H2. The fraction of sp³-hybridized carbons (Fsp3) is 1.00. The van der Waals surface area contributed by atoms with Gasteiger partial charge in [-0.15, -0.1) is 0 Å². The van der Waals surface area contributed by atoms with Gasteiger partial charge in [0.2, 0.25) is 0 Å². The molecule has 1 N–H and O–H groups in total. The molecule has 0 aromatic rings. The Labute approximate surface area is 56.2 Å². The molecule has 0 amide bonds. The van der Waals surface area contributed by atoms with E-state index < -0.39 is 0 Å². The van der Waals surface area contributed by atoms with Crippen molar-refractivity contribution in [2.75, 3.05) is 26.2 Å². The fourth-order valence-corrected chi connectivity index (χ4v) is 1.58. The maximum absolute atomic E-state index is 3.40. The maximum Gasteiger partial charge on any atom is 0.0224 e. The molecule has 9 heavy (non-hydrogen) atoms. The highest BCUT2D eigenvalue weighted by atomic mass is 15.3. The van der Waals surface area contributed by atoms with E-state index in [1.54, 1.807) is 0 Å². The van der Waals surface area contributed by atoms with E-state index in [2.05, 4.69) is 10.2 Å². The first-order valence-corrected chi connectivity index (χ1v) is 3.91. The summed E-state index contributed by atoms with van der Waals surface area (Å²) in [6.45, 7) is 5.10. The second-order valence-electron chi connectivity index (χ2n) is 3.04. The minimum Gasteiger partial charge on any atom is -0.315 e. The summed E-state index contributed by atoms with van der Waals surface area (Å²) in [5.41, 5.74) is 0. The normalized spacial score (nSPS) is 42.7. The van der Waals surface area contributed by atoms with E-state index in [4.69, 9.17) is 0 Å². The molecule has 2 heterocycles. The summed E-state index contributed by atoms with van der Waals surface area (Å²) in [6, 6.07) is 0.979. The van der Waals surface area contributed by atoms with Gasteiger partial charge in [-0.3, -0.25) is 4.90 Å². The van der Waals surface area contributed by atoms with Crippen molar-refractivity contribution in [3.05, 3.63) is 0 Å². The number of hydrogen-bond acceptors (Lipinski definition) is 2. The lowest BCUT2D eigenvalue weighted by Crippen LogP contribution is -2.26. The maximum atomic E-state index is 3.40. The molecule has 2 unspecified atom stereocenters. The summed E-state index contributed by atoms with van der Waals surface area (Å²) in [7, 11) is 0. The molecule has 0 aliphatic carbocycles. The van der Waals surface area contributed by atoms with Crippen LogP contribution in [0.3, 0.4) is 0 Å². The highest BCUT2D eigenvalue weighted by Gasteiger charge is 2.32. The van der Waals surface area contributed by atoms with Gasteiger partial charge < -0.3 is 5.32 Å². The Bertz CT molecular complexity index is 91.1. The molecule has 2 rings (SSSR count). The van der Waals surface area contributed by atoms with Gasteiger partial charge in [-0.2, -0.15) is 0 Å².